The molecule has 1 rings (SSSR count). The van der Waals surface area contributed by atoms with Gasteiger partial charge in [0.15, 0.2) is 0 Å². The smallest absolute Gasteiger partial charge is 0.123 e. The highest BCUT2D eigenvalue weighted by atomic mass is 19.1. The van der Waals surface area contributed by atoms with Gasteiger partial charge in [0.05, 0.1) is 0 Å². The van der Waals surface area contributed by atoms with E-state index in [9.17, 15) is 4.39 Å². The van der Waals surface area contributed by atoms with Gasteiger partial charge in [-0.1, -0.05) is 39.3 Å². The predicted molar refractivity (Wildman–Crippen MR) is 74.9 cm³/mol. The van der Waals surface area contributed by atoms with Crippen molar-refractivity contribution in [3.8, 4) is 0 Å². The van der Waals surface area contributed by atoms with E-state index >= 15 is 0 Å². The van der Waals surface area contributed by atoms with E-state index in [1.54, 1.807) is 12.1 Å². The van der Waals surface area contributed by atoms with Crippen molar-refractivity contribution >= 4 is 0 Å². The first-order valence-corrected chi connectivity index (χ1v) is 6.81. The van der Waals surface area contributed by atoms with Crippen molar-refractivity contribution in [1.29, 1.82) is 0 Å². The normalized spacial score (nSPS) is 14.8. The molecule has 2 unspecified atom stereocenters. The lowest BCUT2D eigenvalue weighted by atomic mass is 10.0. The lowest BCUT2D eigenvalue weighted by Crippen LogP contribution is -2.36. The van der Waals surface area contributed by atoms with Crippen LogP contribution < -0.4 is 5.73 Å². The van der Waals surface area contributed by atoms with Crippen molar-refractivity contribution in [1.82, 2.24) is 4.90 Å². The molecule has 0 amide bonds. The number of rotatable bonds is 7. The van der Waals surface area contributed by atoms with Crippen LogP contribution in [0.4, 0.5) is 4.39 Å². The molecule has 0 saturated carbocycles. The molecule has 2 atom stereocenters. The first-order valence-electron chi connectivity index (χ1n) is 6.81. The van der Waals surface area contributed by atoms with Crippen molar-refractivity contribution in [2.45, 2.75) is 33.2 Å². The third kappa shape index (κ3) is 4.07. The van der Waals surface area contributed by atoms with Gasteiger partial charge in [-0.05, 0) is 30.2 Å². The summed E-state index contributed by atoms with van der Waals surface area (Å²) in [6, 6.07) is 6.89. The average Bonchev–Trinajstić information content (AvgIpc) is 2.38. The minimum atomic E-state index is -0.189. The maximum atomic E-state index is 13.3. The second-order valence-corrected chi connectivity index (χ2v) is 4.91. The first kappa shape index (κ1) is 15.1. The van der Waals surface area contributed by atoms with E-state index in [1.807, 2.05) is 6.07 Å². The standard InChI is InChI=1S/C15H25FN2/c1-4-12(3)11-18(5-2)15(10-17)13-7-6-8-14(16)9-13/h6-9,12,15H,4-5,10-11,17H2,1-3H3. The molecule has 0 radical (unpaired) electrons. The number of nitrogens with two attached hydrogens (primary N) is 1. The zero-order valence-corrected chi connectivity index (χ0v) is 11.7. The van der Waals surface area contributed by atoms with Gasteiger partial charge in [-0.15, -0.1) is 0 Å². The topological polar surface area (TPSA) is 29.3 Å². The van der Waals surface area contributed by atoms with E-state index in [4.69, 9.17) is 5.73 Å². The molecule has 0 spiro atoms. The summed E-state index contributed by atoms with van der Waals surface area (Å²) in [4.78, 5) is 2.34. The number of nitrogens with zero attached hydrogens (tertiary/aromatic N) is 1. The molecule has 0 bridgehead atoms. The van der Waals surface area contributed by atoms with Crippen molar-refractivity contribution in [3.63, 3.8) is 0 Å². The van der Waals surface area contributed by atoms with Crippen molar-refractivity contribution in [2.75, 3.05) is 19.6 Å². The molecule has 0 aromatic heterocycles. The Morgan fingerprint density at radius 3 is 2.56 bits per heavy atom. The van der Waals surface area contributed by atoms with Crippen LogP contribution in [0.2, 0.25) is 0 Å². The summed E-state index contributed by atoms with van der Waals surface area (Å²) in [5.74, 6) is 0.443. The highest BCUT2D eigenvalue weighted by Crippen LogP contribution is 2.22. The van der Waals surface area contributed by atoms with Gasteiger partial charge in [-0.25, -0.2) is 4.39 Å². The minimum Gasteiger partial charge on any atom is -0.329 e. The summed E-state index contributed by atoms with van der Waals surface area (Å²) in [7, 11) is 0. The third-order valence-electron chi connectivity index (χ3n) is 3.55. The van der Waals surface area contributed by atoms with Crippen LogP contribution in [-0.2, 0) is 0 Å². The molecule has 102 valence electrons. The Hall–Kier alpha value is -0.930. The summed E-state index contributed by atoms with van der Waals surface area (Å²) in [6.45, 7) is 9.02. The number of benzene rings is 1. The molecule has 1 aromatic carbocycles. The van der Waals surface area contributed by atoms with Crippen molar-refractivity contribution in [3.05, 3.63) is 35.6 Å². The molecule has 1 aromatic rings. The maximum absolute atomic E-state index is 13.3. The zero-order chi connectivity index (χ0) is 13.5. The first-order chi connectivity index (χ1) is 8.62. The van der Waals surface area contributed by atoms with Crippen molar-refractivity contribution in [2.24, 2.45) is 11.7 Å². The molecular formula is C15H25FN2. The van der Waals surface area contributed by atoms with Crippen LogP contribution in [0.5, 0.6) is 0 Å². The second-order valence-electron chi connectivity index (χ2n) is 4.91. The Morgan fingerprint density at radius 1 is 1.33 bits per heavy atom. The summed E-state index contributed by atoms with van der Waals surface area (Å²) < 4.78 is 13.3. The Bertz CT molecular complexity index is 354. The average molecular weight is 252 g/mol. The highest BCUT2D eigenvalue weighted by Gasteiger charge is 2.19. The van der Waals surface area contributed by atoms with Crippen LogP contribution in [0.15, 0.2) is 24.3 Å². The Morgan fingerprint density at radius 2 is 2.06 bits per heavy atom. The number of hydrogen-bond donors (Lipinski definition) is 1. The minimum absolute atomic E-state index is 0.111. The van der Waals surface area contributed by atoms with Gasteiger partial charge >= 0.3 is 0 Å². The second kappa shape index (κ2) is 7.49. The lowest BCUT2D eigenvalue weighted by molar-refractivity contribution is 0.182. The zero-order valence-electron chi connectivity index (χ0n) is 11.7. The fourth-order valence-electron chi connectivity index (χ4n) is 2.22. The van der Waals surface area contributed by atoms with Crippen LogP contribution in [0.25, 0.3) is 0 Å². The summed E-state index contributed by atoms with van der Waals surface area (Å²) in [5, 5.41) is 0. The Kier molecular flexibility index (Phi) is 6.30. The Balaban J connectivity index is 2.85. The molecule has 0 aliphatic carbocycles. The van der Waals surface area contributed by atoms with E-state index in [0.717, 1.165) is 25.1 Å². The van der Waals surface area contributed by atoms with Crippen LogP contribution in [-0.4, -0.2) is 24.5 Å². The van der Waals surface area contributed by atoms with Gasteiger partial charge in [0, 0.05) is 19.1 Å². The van der Waals surface area contributed by atoms with Crippen LogP contribution in [0.1, 0.15) is 38.8 Å². The fourth-order valence-corrected chi connectivity index (χ4v) is 2.22. The van der Waals surface area contributed by atoms with Gasteiger partial charge in [-0.2, -0.15) is 0 Å². The highest BCUT2D eigenvalue weighted by molar-refractivity contribution is 5.20. The summed E-state index contributed by atoms with van der Waals surface area (Å²) in [6.07, 6.45) is 1.15. The molecule has 0 fully saturated rings. The number of halogens is 1. The van der Waals surface area contributed by atoms with Gasteiger partial charge in [0.2, 0.25) is 0 Å². The molecule has 0 saturated heterocycles. The van der Waals surface area contributed by atoms with E-state index in [-0.39, 0.29) is 11.9 Å². The Labute approximate surface area is 110 Å². The summed E-state index contributed by atoms with van der Waals surface area (Å²) in [5.41, 5.74) is 6.86. The van der Waals surface area contributed by atoms with Gasteiger partial charge in [0.25, 0.3) is 0 Å². The molecular weight excluding hydrogens is 227 g/mol. The van der Waals surface area contributed by atoms with E-state index in [0.29, 0.717) is 12.5 Å². The quantitative estimate of drug-likeness (QED) is 0.807. The monoisotopic (exact) mass is 252 g/mol. The van der Waals surface area contributed by atoms with Gasteiger partial charge in [-0.3, -0.25) is 4.90 Å². The molecule has 0 aliphatic rings. The largest absolute Gasteiger partial charge is 0.329 e. The molecule has 0 heterocycles. The van der Waals surface area contributed by atoms with Gasteiger partial charge < -0.3 is 5.73 Å². The SMILES string of the molecule is CCC(C)CN(CC)C(CN)c1cccc(F)c1. The molecule has 18 heavy (non-hydrogen) atoms. The van der Waals surface area contributed by atoms with E-state index < -0.39 is 0 Å². The van der Waals surface area contributed by atoms with Crippen LogP contribution in [0.3, 0.4) is 0 Å². The van der Waals surface area contributed by atoms with E-state index in [1.165, 1.54) is 6.07 Å². The predicted octanol–water partition coefficient (Wildman–Crippen LogP) is 3.19. The molecule has 3 heteroatoms. The molecule has 2 nitrogen and oxygen atoms in total. The van der Waals surface area contributed by atoms with Gasteiger partial charge in [0.1, 0.15) is 5.82 Å². The summed E-state index contributed by atoms with van der Waals surface area (Å²) >= 11 is 0. The van der Waals surface area contributed by atoms with Crippen molar-refractivity contribution < 1.29 is 4.39 Å². The lowest BCUT2D eigenvalue weighted by Gasteiger charge is -2.32. The maximum Gasteiger partial charge on any atom is 0.123 e. The number of hydrogen-bond acceptors (Lipinski definition) is 2. The molecule has 0 aliphatic heterocycles. The number of likely N-dealkylation sites (N-methyl/N-ethyl adjacent to an activating group) is 1. The van der Waals surface area contributed by atoms with E-state index in [2.05, 4.69) is 25.7 Å². The van der Waals surface area contributed by atoms with Crippen LogP contribution >= 0.6 is 0 Å². The third-order valence-corrected chi connectivity index (χ3v) is 3.55. The fraction of sp³-hybridized carbons (Fsp3) is 0.600. The molecule has 2 N–H and O–H groups in total. The van der Waals surface area contributed by atoms with Crippen LogP contribution in [0, 0.1) is 11.7 Å².